The predicted octanol–water partition coefficient (Wildman–Crippen LogP) is 2.29. The largest absolute Gasteiger partial charge is 0.369 e. The van der Waals surface area contributed by atoms with Crippen LogP contribution in [0.4, 0.5) is 0 Å². The molecule has 0 saturated carbocycles. The molecule has 1 aliphatic rings. The first kappa shape index (κ1) is 19.9. The Morgan fingerprint density at radius 3 is 2.56 bits per heavy atom. The van der Waals surface area contributed by atoms with Crippen LogP contribution in [0.15, 0.2) is 30.3 Å². The lowest BCUT2D eigenvalue weighted by Gasteiger charge is -2.37. The fourth-order valence-electron chi connectivity index (χ4n) is 3.41. The van der Waals surface area contributed by atoms with Gasteiger partial charge in [0.2, 0.25) is 5.91 Å². The van der Waals surface area contributed by atoms with E-state index in [1.807, 2.05) is 32.0 Å². The molecule has 1 heterocycles. The van der Waals surface area contributed by atoms with Crippen molar-refractivity contribution in [1.82, 2.24) is 15.1 Å². The van der Waals surface area contributed by atoms with E-state index in [9.17, 15) is 4.79 Å². The van der Waals surface area contributed by atoms with Gasteiger partial charge in [-0.3, -0.25) is 4.79 Å². The highest BCUT2D eigenvalue weighted by Gasteiger charge is 2.25. The highest BCUT2D eigenvalue weighted by molar-refractivity contribution is 5.80. The molecular weight excluding hydrogens is 314 g/mol. The molecule has 1 aromatic rings. The Morgan fingerprint density at radius 2 is 1.96 bits per heavy atom. The van der Waals surface area contributed by atoms with Crippen LogP contribution in [0.2, 0.25) is 0 Å². The van der Waals surface area contributed by atoms with E-state index in [0.717, 1.165) is 25.2 Å². The van der Waals surface area contributed by atoms with Gasteiger partial charge in [-0.15, -0.1) is 0 Å². The highest BCUT2D eigenvalue weighted by Crippen LogP contribution is 2.19. The molecule has 0 spiro atoms. The van der Waals surface area contributed by atoms with Crippen molar-refractivity contribution in [1.29, 1.82) is 0 Å². The number of piperidine rings is 1. The lowest BCUT2D eigenvalue weighted by molar-refractivity contribution is -0.132. The molecule has 5 nitrogen and oxygen atoms in total. The number of nitrogens with one attached hydrogen (secondary N) is 1. The molecular formula is C20H33N3O2. The van der Waals surface area contributed by atoms with Crippen molar-refractivity contribution in [2.24, 2.45) is 0 Å². The van der Waals surface area contributed by atoms with Gasteiger partial charge in [0.25, 0.3) is 0 Å². The number of nitrogens with zero attached hydrogens (tertiary/aromatic N) is 2. The van der Waals surface area contributed by atoms with Crippen LogP contribution in [0.25, 0.3) is 0 Å². The maximum Gasteiger partial charge on any atom is 0.249 e. The van der Waals surface area contributed by atoms with Crippen LogP contribution in [0.5, 0.6) is 0 Å². The lowest BCUT2D eigenvalue weighted by atomic mass is 10.0. The number of ether oxygens (including phenoxy) is 1. The molecule has 0 aromatic heterocycles. The number of hydrogen-bond acceptors (Lipinski definition) is 4. The summed E-state index contributed by atoms with van der Waals surface area (Å²) in [7, 11) is 4.35. The molecule has 140 valence electrons. The molecule has 1 N–H and O–H groups in total. The van der Waals surface area contributed by atoms with Gasteiger partial charge in [-0.25, -0.2) is 0 Å². The van der Waals surface area contributed by atoms with Gasteiger partial charge < -0.3 is 19.9 Å². The maximum atomic E-state index is 12.5. The Bertz CT molecular complexity index is 515. The molecule has 0 aliphatic carbocycles. The van der Waals surface area contributed by atoms with Crippen molar-refractivity contribution in [3.8, 4) is 0 Å². The fourth-order valence-corrected chi connectivity index (χ4v) is 3.41. The van der Waals surface area contributed by atoms with Crippen molar-refractivity contribution >= 4 is 5.91 Å². The van der Waals surface area contributed by atoms with Gasteiger partial charge in [0, 0.05) is 19.2 Å². The zero-order valence-corrected chi connectivity index (χ0v) is 16.1. The number of likely N-dealkylation sites (tertiary alicyclic amines) is 1. The molecule has 2 rings (SSSR count). The van der Waals surface area contributed by atoms with Gasteiger partial charge in [-0.1, -0.05) is 30.3 Å². The average Bonchev–Trinajstić information content (AvgIpc) is 2.62. The van der Waals surface area contributed by atoms with E-state index in [4.69, 9.17) is 4.74 Å². The summed E-state index contributed by atoms with van der Waals surface area (Å²) in [5, 5.41) is 3.18. The topological polar surface area (TPSA) is 44.8 Å². The standard InChI is InChI=1S/C20H33N3O2/c1-5-25-16(2)20(24)21-19(17-9-7-6-8-10-17)15-23(4)18-11-13-22(3)14-12-18/h6-10,16,18-19H,5,11-15H2,1-4H3,(H,21,24)/t16-,19+/m1/s1. The monoisotopic (exact) mass is 347 g/mol. The van der Waals surface area contributed by atoms with Crippen molar-refractivity contribution in [2.45, 2.75) is 44.9 Å². The van der Waals surface area contributed by atoms with Crippen LogP contribution in [-0.2, 0) is 9.53 Å². The first-order valence-corrected chi connectivity index (χ1v) is 9.37. The van der Waals surface area contributed by atoms with Crippen LogP contribution in [0.3, 0.4) is 0 Å². The van der Waals surface area contributed by atoms with E-state index in [1.165, 1.54) is 12.8 Å². The summed E-state index contributed by atoms with van der Waals surface area (Å²) < 4.78 is 5.44. The molecule has 1 fully saturated rings. The van der Waals surface area contributed by atoms with Gasteiger partial charge in [-0.05, 0) is 59.4 Å². The van der Waals surface area contributed by atoms with E-state index in [1.54, 1.807) is 0 Å². The smallest absolute Gasteiger partial charge is 0.249 e. The van der Waals surface area contributed by atoms with E-state index < -0.39 is 6.10 Å². The molecule has 2 atom stereocenters. The second-order valence-electron chi connectivity index (χ2n) is 7.04. The van der Waals surface area contributed by atoms with Crippen molar-refractivity contribution in [2.75, 3.05) is 40.3 Å². The van der Waals surface area contributed by atoms with Crippen molar-refractivity contribution in [3.63, 3.8) is 0 Å². The van der Waals surface area contributed by atoms with Crippen LogP contribution in [-0.4, -0.2) is 68.2 Å². The Balaban J connectivity index is 2.03. The molecule has 25 heavy (non-hydrogen) atoms. The van der Waals surface area contributed by atoms with Crippen LogP contribution in [0, 0.1) is 0 Å². The maximum absolute atomic E-state index is 12.5. The van der Waals surface area contributed by atoms with E-state index in [2.05, 4.69) is 41.3 Å². The summed E-state index contributed by atoms with van der Waals surface area (Å²) in [6.45, 7) is 7.34. The Hall–Kier alpha value is -1.43. The van der Waals surface area contributed by atoms with E-state index in [0.29, 0.717) is 12.6 Å². The lowest BCUT2D eigenvalue weighted by Crippen LogP contribution is -2.46. The molecule has 0 radical (unpaired) electrons. The van der Waals surface area contributed by atoms with E-state index >= 15 is 0 Å². The van der Waals surface area contributed by atoms with Gasteiger partial charge in [0.1, 0.15) is 6.10 Å². The van der Waals surface area contributed by atoms with Crippen molar-refractivity contribution < 1.29 is 9.53 Å². The zero-order valence-electron chi connectivity index (χ0n) is 16.1. The molecule has 1 aliphatic heterocycles. The first-order chi connectivity index (χ1) is 12.0. The Labute approximate surface area is 152 Å². The Morgan fingerprint density at radius 1 is 1.32 bits per heavy atom. The summed E-state index contributed by atoms with van der Waals surface area (Å²) in [4.78, 5) is 17.2. The summed E-state index contributed by atoms with van der Waals surface area (Å²) in [5.74, 6) is -0.0486. The normalized spacial score (nSPS) is 18.9. The number of carbonyl (C=O) groups excluding carboxylic acids is 1. The third-order valence-electron chi connectivity index (χ3n) is 5.09. The molecule has 1 amide bonds. The molecule has 1 saturated heterocycles. The van der Waals surface area contributed by atoms with Crippen LogP contribution >= 0.6 is 0 Å². The minimum atomic E-state index is -0.426. The number of benzene rings is 1. The minimum absolute atomic E-state index is 0.0266. The van der Waals surface area contributed by atoms with Gasteiger partial charge in [0.15, 0.2) is 0 Å². The number of hydrogen-bond donors (Lipinski definition) is 1. The molecule has 5 heteroatoms. The van der Waals surface area contributed by atoms with Gasteiger partial charge >= 0.3 is 0 Å². The fraction of sp³-hybridized carbons (Fsp3) is 0.650. The zero-order chi connectivity index (χ0) is 18.2. The van der Waals surface area contributed by atoms with Crippen molar-refractivity contribution in [3.05, 3.63) is 35.9 Å². The van der Waals surface area contributed by atoms with Crippen LogP contribution < -0.4 is 5.32 Å². The summed E-state index contributed by atoms with van der Waals surface area (Å²) >= 11 is 0. The quantitative estimate of drug-likeness (QED) is 0.784. The number of amides is 1. The number of rotatable bonds is 8. The number of likely N-dealkylation sites (N-methyl/N-ethyl adjacent to an activating group) is 1. The van der Waals surface area contributed by atoms with Gasteiger partial charge in [0.05, 0.1) is 6.04 Å². The molecule has 1 aromatic carbocycles. The third kappa shape index (κ3) is 6.10. The Kier molecular flexibility index (Phi) is 7.88. The van der Waals surface area contributed by atoms with E-state index in [-0.39, 0.29) is 11.9 Å². The highest BCUT2D eigenvalue weighted by atomic mass is 16.5. The van der Waals surface area contributed by atoms with Gasteiger partial charge in [-0.2, -0.15) is 0 Å². The second kappa shape index (κ2) is 9.90. The minimum Gasteiger partial charge on any atom is -0.369 e. The molecule has 0 unspecified atom stereocenters. The first-order valence-electron chi connectivity index (χ1n) is 9.37. The van der Waals surface area contributed by atoms with Crippen LogP contribution in [0.1, 0.15) is 38.3 Å². The SMILES string of the molecule is CCO[C@H](C)C(=O)N[C@@H](CN(C)C1CCN(C)CC1)c1ccccc1. The third-order valence-corrected chi connectivity index (χ3v) is 5.09. The molecule has 0 bridgehead atoms. The predicted molar refractivity (Wildman–Crippen MR) is 102 cm³/mol. The average molecular weight is 348 g/mol. The summed E-state index contributed by atoms with van der Waals surface area (Å²) in [5.41, 5.74) is 1.14. The summed E-state index contributed by atoms with van der Waals surface area (Å²) in [6.07, 6.45) is 1.93. The number of carbonyl (C=O) groups is 1. The second-order valence-corrected chi connectivity index (χ2v) is 7.04. The summed E-state index contributed by atoms with van der Waals surface area (Å²) in [6, 6.07) is 10.8.